The maximum absolute atomic E-state index is 12.3. The zero-order chi connectivity index (χ0) is 23.5. The summed E-state index contributed by atoms with van der Waals surface area (Å²) < 4.78 is 7.26. The normalized spacial score (nSPS) is 13.7. The summed E-state index contributed by atoms with van der Waals surface area (Å²) in [6.07, 6.45) is 0. The van der Waals surface area contributed by atoms with Crippen molar-refractivity contribution in [3.8, 4) is 11.4 Å². The Balaban J connectivity index is 1.39. The van der Waals surface area contributed by atoms with E-state index in [0.29, 0.717) is 53.8 Å². The van der Waals surface area contributed by atoms with Crippen LogP contribution < -0.4 is 21.3 Å². The van der Waals surface area contributed by atoms with Gasteiger partial charge >= 0.3 is 6.03 Å². The Kier molecular flexibility index (Phi) is 5.91. The van der Waals surface area contributed by atoms with Gasteiger partial charge in [-0.15, -0.1) is 5.10 Å². The van der Waals surface area contributed by atoms with Gasteiger partial charge < -0.3 is 26.0 Å². The number of nitrogens with one attached hydrogen (secondary N) is 2. The molecule has 0 atom stereocenters. The number of aromatic nitrogens is 5. The summed E-state index contributed by atoms with van der Waals surface area (Å²) in [5.74, 6) is 1.33. The maximum Gasteiger partial charge on any atom is 0.323 e. The third kappa shape index (κ3) is 4.46. The van der Waals surface area contributed by atoms with E-state index in [1.807, 2.05) is 31.2 Å². The molecule has 3 heterocycles. The highest BCUT2D eigenvalue weighted by atomic mass is 16.5. The first-order valence-electron chi connectivity index (χ1n) is 11.1. The monoisotopic (exact) mass is 459 g/mol. The van der Waals surface area contributed by atoms with Crippen LogP contribution in [0.1, 0.15) is 6.92 Å². The largest absolute Gasteiger partial charge is 0.399 e. The molecule has 2 aromatic carbocycles. The van der Waals surface area contributed by atoms with Crippen molar-refractivity contribution in [1.29, 1.82) is 0 Å². The second kappa shape index (κ2) is 9.32. The van der Waals surface area contributed by atoms with Crippen LogP contribution in [-0.4, -0.2) is 57.3 Å². The maximum atomic E-state index is 12.3. The Morgan fingerprint density at radius 3 is 2.29 bits per heavy atom. The summed E-state index contributed by atoms with van der Waals surface area (Å²) in [5, 5.41) is 14.2. The molecule has 174 valence electrons. The molecule has 0 unspecified atom stereocenters. The molecule has 0 aliphatic carbocycles. The minimum atomic E-state index is -0.345. The van der Waals surface area contributed by atoms with Gasteiger partial charge in [0.25, 0.3) is 0 Å². The molecule has 11 nitrogen and oxygen atoms in total. The summed E-state index contributed by atoms with van der Waals surface area (Å²) >= 11 is 0. The van der Waals surface area contributed by atoms with E-state index in [2.05, 4.69) is 25.8 Å². The highest BCUT2D eigenvalue weighted by Crippen LogP contribution is 2.27. The van der Waals surface area contributed by atoms with Gasteiger partial charge in [-0.1, -0.05) is 5.21 Å². The van der Waals surface area contributed by atoms with Crippen LogP contribution in [0.5, 0.6) is 0 Å². The summed E-state index contributed by atoms with van der Waals surface area (Å²) in [6, 6.07) is 14.0. The molecule has 4 N–H and O–H groups in total. The molecule has 0 radical (unpaired) electrons. The first-order chi connectivity index (χ1) is 16.6. The average molecular weight is 460 g/mol. The molecule has 1 aliphatic heterocycles. The van der Waals surface area contributed by atoms with Crippen LogP contribution >= 0.6 is 0 Å². The van der Waals surface area contributed by atoms with E-state index in [0.717, 1.165) is 24.5 Å². The summed E-state index contributed by atoms with van der Waals surface area (Å²) in [6.45, 7) is 5.40. The Morgan fingerprint density at radius 2 is 1.65 bits per heavy atom. The van der Waals surface area contributed by atoms with Gasteiger partial charge in [0.05, 0.1) is 13.2 Å². The number of fused-ring (bicyclic) bond motifs is 1. The van der Waals surface area contributed by atoms with Crippen LogP contribution in [0.2, 0.25) is 0 Å². The quantitative estimate of drug-likeness (QED) is 0.388. The smallest absolute Gasteiger partial charge is 0.323 e. The molecule has 0 saturated carbocycles. The second-order valence-electron chi connectivity index (χ2n) is 7.83. The third-order valence-electron chi connectivity index (χ3n) is 5.52. The molecule has 1 aliphatic rings. The van der Waals surface area contributed by atoms with Gasteiger partial charge in [0, 0.05) is 42.3 Å². The van der Waals surface area contributed by atoms with Gasteiger partial charge in [0.2, 0.25) is 0 Å². The number of carbonyl (C=O) groups excluding carboxylic acids is 1. The Labute approximate surface area is 195 Å². The Morgan fingerprint density at radius 1 is 1.00 bits per heavy atom. The number of urea groups is 1. The molecular formula is C23H25N9O2. The fraction of sp³-hybridized carbons (Fsp3) is 0.261. The molecule has 2 amide bonds. The van der Waals surface area contributed by atoms with Crippen molar-refractivity contribution in [2.24, 2.45) is 0 Å². The number of amides is 2. The van der Waals surface area contributed by atoms with Crippen molar-refractivity contribution >= 4 is 40.1 Å². The molecule has 1 saturated heterocycles. The van der Waals surface area contributed by atoms with Crippen LogP contribution in [0, 0.1) is 0 Å². The fourth-order valence-corrected chi connectivity index (χ4v) is 3.74. The average Bonchev–Trinajstić information content (AvgIpc) is 3.29. The van der Waals surface area contributed by atoms with Gasteiger partial charge in [0.1, 0.15) is 0 Å². The SMILES string of the molecule is CCn1nnc2c(N3CCOCC3)nc(-c3ccc(NC(=O)Nc4ccc(N)cc4)cc3)nc21. The van der Waals surface area contributed by atoms with Crippen LogP contribution in [-0.2, 0) is 11.3 Å². The molecule has 5 rings (SSSR count). The van der Waals surface area contributed by atoms with Crippen molar-refractivity contribution in [3.05, 3.63) is 48.5 Å². The summed E-state index contributed by atoms with van der Waals surface area (Å²) in [4.78, 5) is 24.0. The number of nitrogens with two attached hydrogens (primary N) is 1. The van der Waals surface area contributed by atoms with E-state index in [9.17, 15) is 4.79 Å². The number of anilines is 4. The summed E-state index contributed by atoms with van der Waals surface area (Å²) in [7, 11) is 0. The lowest BCUT2D eigenvalue weighted by atomic mass is 10.2. The lowest BCUT2D eigenvalue weighted by Crippen LogP contribution is -2.37. The molecule has 34 heavy (non-hydrogen) atoms. The number of nitrogens with zero attached hydrogens (tertiary/aromatic N) is 6. The van der Waals surface area contributed by atoms with Crippen molar-refractivity contribution in [3.63, 3.8) is 0 Å². The topological polar surface area (TPSA) is 136 Å². The summed E-state index contributed by atoms with van der Waals surface area (Å²) in [5.41, 5.74) is 9.82. The number of hydrogen-bond donors (Lipinski definition) is 3. The van der Waals surface area contributed by atoms with Crippen molar-refractivity contribution in [2.75, 3.05) is 47.6 Å². The highest BCUT2D eigenvalue weighted by molar-refractivity contribution is 6.00. The first-order valence-corrected chi connectivity index (χ1v) is 11.1. The van der Waals surface area contributed by atoms with Gasteiger partial charge in [-0.2, -0.15) is 0 Å². The van der Waals surface area contributed by atoms with Crippen molar-refractivity contribution < 1.29 is 9.53 Å². The standard InChI is InChI=1S/C23H25N9O2/c1-2-32-22-19(29-30-32)21(31-11-13-34-14-12-31)27-20(28-22)15-3-7-17(8-4-15)25-23(33)26-18-9-5-16(24)6-10-18/h3-10H,2,11-14,24H2,1H3,(H2,25,26,33). The first kappa shape index (κ1) is 21.6. The van der Waals surface area contributed by atoms with E-state index in [-0.39, 0.29) is 6.03 Å². The zero-order valence-corrected chi connectivity index (χ0v) is 18.7. The van der Waals surface area contributed by atoms with E-state index in [1.54, 1.807) is 28.9 Å². The zero-order valence-electron chi connectivity index (χ0n) is 18.7. The Hall–Kier alpha value is -4.25. The number of morpholine rings is 1. The molecule has 0 spiro atoms. The highest BCUT2D eigenvalue weighted by Gasteiger charge is 2.21. The van der Waals surface area contributed by atoms with Gasteiger partial charge in [-0.3, -0.25) is 0 Å². The minimum absolute atomic E-state index is 0.345. The Bertz CT molecular complexity index is 1300. The van der Waals surface area contributed by atoms with E-state index >= 15 is 0 Å². The third-order valence-corrected chi connectivity index (χ3v) is 5.52. The number of aryl methyl sites for hydroxylation is 1. The van der Waals surface area contributed by atoms with E-state index in [4.69, 9.17) is 20.4 Å². The molecule has 1 fully saturated rings. The number of benzene rings is 2. The van der Waals surface area contributed by atoms with Gasteiger partial charge in [-0.05, 0) is 55.5 Å². The molecule has 4 aromatic rings. The predicted octanol–water partition coefficient (Wildman–Crippen LogP) is 2.97. The van der Waals surface area contributed by atoms with E-state index in [1.165, 1.54) is 0 Å². The number of ether oxygens (including phenoxy) is 1. The second-order valence-corrected chi connectivity index (χ2v) is 7.83. The van der Waals surface area contributed by atoms with Crippen LogP contribution in [0.3, 0.4) is 0 Å². The fourth-order valence-electron chi connectivity index (χ4n) is 3.74. The van der Waals surface area contributed by atoms with Gasteiger partial charge in [-0.25, -0.2) is 19.4 Å². The minimum Gasteiger partial charge on any atom is -0.399 e. The van der Waals surface area contributed by atoms with E-state index < -0.39 is 0 Å². The molecular weight excluding hydrogens is 434 g/mol. The van der Waals surface area contributed by atoms with Gasteiger partial charge in [0.15, 0.2) is 22.8 Å². The number of carbonyl (C=O) groups is 1. The predicted molar refractivity (Wildman–Crippen MR) is 131 cm³/mol. The molecule has 11 heteroatoms. The van der Waals surface area contributed by atoms with Crippen LogP contribution in [0.4, 0.5) is 27.7 Å². The van der Waals surface area contributed by atoms with Crippen LogP contribution in [0.25, 0.3) is 22.6 Å². The molecule has 0 bridgehead atoms. The van der Waals surface area contributed by atoms with Crippen molar-refractivity contribution in [2.45, 2.75) is 13.5 Å². The lowest BCUT2D eigenvalue weighted by Gasteiger charge is -2.27. The molecule has 2 aromatic heterocycles. The number of hydrogen-bond acceptors (Lipinski definition) is 8. The number of rotatable bonds is 5. The van der Waals surface area contributed by atoms with Crippen molar-refractivity contribution in [1.82, 2.24) is 25.0 Å². The lowest BCUT2D eigenvalue weighted by molar-refractivity contribution is 0.122. The number of nitrogen functional groups attached to an aromatic ring is 1. The van der Waals surface area contributed by atoms with Crippen LogP contribution in [0.15, 0.2) is 48.5 Å².